The molecule has 1 fully saturated rings. The van der Waals surface area contributed by atoms with Crippen molar-refractivity contribution in [2.24, 2.45) is 5.73 Å². The van der Waals surface area contributed by atoms with Crippen LogP contribution < -0.4 is 11.1 Å². The lowest BCUT2D eigenvalue weighted by atomic mass is 9.93. The van der Waals surface area contributed by atoms with Crippen LogP contribution in [0, 0.1) is 0 Å². The Hall–Kier alpha value is -0.650. The number of nitrogens with two attached hydrogens (primary N) is 1. The summed E-state index contributed by atoms with van der Waals surface area (Å²) < 4.78 is 0. The number of rotatable bonds is 3. The molecule has 1 unspecified atom stereocenters. The van der Waals surface area contributed by atoms with Crippen LogP contribution in [0.5, 0.6) is 0 Å². The highest BCUT2D eigenvalue weighted by Gasteiger charge is 2.22. The molecule has 1 saturated carbocycles. The van der Waals surface area contributed by atoms with E-state index in [9.17, 15) is 9.90 Å². The molecule has 0 aromatic carbocycles. The molecule has 0 bridgehead atoms. The fourth-order valence-electron chi connectivity index (χ4n) is 1.61. The van der Waals surface area contributed by atoms with Crippen LogP contribution in [0.1, 0.15) is 25.7 Å². The first kappa shape index (κ1) is 11.4. The second-order valence-corrected chi connectivity index (χ2v) is 3.80. The number of carbonyl (C=O) groups excluding carboxylic acids is 1. The molecule has 1 aliphatic rings. The molecule has 0 aliphatic heterocycles. The Morgan fingerprint density at radius 1 is 1.43 bits per heavy atom. The van der Waals surface area contributed by atoms with Gasteiger partial charge in [-0.15, -0.1) is 0 Å². The van der Waals surface area contributed by atoms with Crippen molar-refractivity contribution in [2.45, 2.75) is 43.9 Å². The van der Waals surface area contributed by atoms with E-state index in [2.05, 4.69) is 5.32 Å². The van der Waals surface area contributed by atoms with Gasteiger partial charge in [0.15, 0.2) is 0 Å². The molecular weight excluding hydrogens is 184 g/mol. The van der Waals surface area contributed by atoms with E-state index in [4.69, 9.17) is 10.8 Å². The van der Waals surface area contributed by atoms with Gasteiger partial charge in [-0.05, 0) is 25.7 Å². The average molecular weight is 202 g/mol. The third kappa shape index (κ3) is 3.25. The van der Waals surface area contributed by atoms with Crippen molar-refractivity contribution in [1.82, 2.24) is 5.32 Å². The van der Waals surface area contributed by atoms with Crippen molar-refractivity contribution < 1.29 is 15.0 Å². The van der Waals surface area contributed by atoms with E-state index < -0.39 is 6.04 Å². The monoisotopic (exact) mass is 202 g/mol. The molecule has 0 spiro atoms. The van der Waals surface area contributed by atoms with Crippen molar-refractivity contribution in [3.8, 4) is 0 Å². The summed E-state index contributed by atoms with van der Waals surface area (Å²) >= 11 is 0. The Bertz CT molecular complexity index is 190. The highest BCUT2D eigenvalue weighted by molar-refractivity contribution is 5.81. The summed E-state index contributed by atoms with van der Waals surface area (Å²) in [7, 11) is 0. The van der Waals surface area contributed by atoms with Crippen LogP contribution in [-0.2, 0) is 4.79 Å². The minimum absolute atomic E-state index is 0.100. The van der Waals surface area contributed by atoms with Crippen LogP contribution in [-0.4, -0.2) is 40.9 Å². The quantitative estimate of drug-likeness (QED) is 0.458. The number of aliphatic hydroxyl groups excluding tert-OH is 2. The molecule has 82 valence electrons. The fraction of sp³-hybridized carbons (Fsp3) is 0.889. The van der Waals surface area contributed by atoms with Crippen molar-refractivity contribution >= 4 is 5.91 Å². The molecule has 5 nitrogen and oxygen atoms in total. The van der Waals surface area contributed by atoms with Crippen molar-refractivity contribution in [3.63, 3.8) is 0 Å². The molecule has 1 atom stereocenters. The predicted octanol–water partition coefficient (Wildman–Crippen LogP) is -1.27. The predicted molar refractivity (Wildman–Crippen MR) is 51.5 cm³/mol. The van der Waals surface area contributed by atoms with Crippen molar-refractivity contribution in [1.29, 1.82) is 0 Å². The number of carbonyl (C=O) groups is 1. The smallest absolute Gasteiger partial charge is 0.239 e. The summed E-state index contributed by atoms with van der Waals surface area (Å²) in [5, 5.41) is 20.6. The summed E-state index contributed by atoms with van der Waals surface area (Å²) in [6.07, 6.45) is 2.78. The van der Waals surface area contributed by atoms with E-state index in [1.807, 2.05) is 0 Å². The Kier molecular flexibility index (Phi) is 4.31. The topological polar surface area (TPSA) is 95.6 Å². The van der Waals surface area contributed by atoms with Crippen LogP contribution in [0.15, 0.2) is 0 Å². The summed E-state index contributed by atoms with van der Waals surface area (Å²) in [5.41, 5.74) is 5.35. The van der Waals surface area contributed by atoms with Gasteiger partial charge in [-0.25, -0.2) is 0 Å². The molecule has 1 amide bonds. The van der Waals surface area contributed by atoms with Crippen LogP contribution in [0.4, 0.5) is 0 Å². The Morgan fingerprint density at radius 2 is 2.00 bits per heavy atom. The van der Waals surface area contributed by atoms with E-state index in [0.29, 0.717) is 0 Å². The number of aliphatic hydroxyl groups is 2. The Morgan fingerprint density at radius 3 is 2.50 bits per heavy atom. The third-order valence-corrected chi connectivity index (χ3v) is 2.58. The zero-order valence-electron chi connectivity index (χ0n) is 8.15. The number of hydrogen-bond acceptors (Lipinski definition) is 4. The Labute approximate surface area is 83.3 Å². The maximum atomic E-state index is 11.3. The standard InChI is InChI=1S/C9H18N2O3/c10-8(5-12)9(14)11-6-1-3-7(13)4-2-6/h6-8,12-13H,1-5,10H2,(H,11,14). The highest BCUT2D eigenvalue weighted by atomic mass is 16.3. The summed E-state index contributed by atoms with van der Waals surface area (Å²) in [6.45, 7) is -0.332. The van der Waals surface area contributed by atoms with Gasteiger partial charge in [-0.1, -0.05) is 0 Å². The van der Waals surface area contributed by atoms with Crippen LogP contribution >= 0.6 is 0 Å². The van der Waals surface area contributed by atoms with Gasteiger partial charge in [0.2, 0.25) is 5.91 Å². The van der Waals surface area contributed by atoms with E-state index in [1.165, 1.54) is 0 Å². The second-order valence-electron chi connectivity index (χ2n) is 3.80. The molecule has 5 N–H and O–H groups in total. The van der Waals surface area contributed by atoms with Crippen molar-refractivity contribution in [3.05, 3.63) is 0 Å². The molecule has 1 aliphatic carbocycles. The third-order valence-electron chi connectivity index (χ3n) is 2.58. The maximum Gasteiger partial charge on any atom is 0.239 e. The molecular formula is C9H18N2O3. The lowest BCUT2D eigenvalue weighted by Crippen LogP contribution is -2.48. The first-order valence-corrected chi connectivity index (χ1v) is 4.98. The van der Waals surface area contributed by atoms with Crippen LogP contribution in [0.2, 0.25) is 0 Å². The molecule has 0 heterocycles. The van der Waals surface area contributed by atoms with Gasteiger partial charge in [0, 0.05) is 6.04 Å². The second kappa shape index (κ2) is 5.29. The molecule has 5 heteroatoms. The van der Waals surface area contributed by atoms with Gasteiger partial charge in [-0.2, -0.15) is 0 Å². The highest BCUT2D eigenvalue weighted by Crippen LogP contribution is 2.18. The van der Waals surface area contributed by atoms with Gasteiger partial charge in [0.25, 0.3) is 0 Å². The molecule has 0 aromatic heterocycles. The number of hydrogen-bond donors (Lipinski definition) is 4. The molecule has 0 saturated heterocycles. The van der Waals surface area contributed by atoms with Crippen LogP contribution in [0.3, 0.4) is 0 Å². The van der Waals surface area contributed by atoms with Crippen LogP contribution in [0.25, 0.3) is 0 Å². The number of nitrogens with one attached hydrogen (secondary N) is 1. The first-order chi connectivity index (χ1) is 6.63. The zero-order chi connectivity index (χ0) is 10.6. The SMILES string of the molecule is NC(CO)C(=O)NC1CCC(O)CC1. The van der Waals surface area contributed by atoms with E-state index in [0.717, 1.165) is 25.7 Å². The molecule has 0 radical (unpaired) electrons. The summed E-state index contributed by atoms with van der Waals surface area (Å²) in [6, 6.07) is -0.731. The lowest BCUT2D eigenvalue weighted by Gasteiger charge is -2.26. The first-order valence-electron chi connectivity index (χ1n) is 4.98. The Balaban J connectivity index is 2.27. The lowest BCUT2D eigenvalue weighted by molar-refractivity contribution is -0.124. The van der Waals surface area contributed by atoms with E-state index in [1.54, 1.807) is 0 Å². The van der Waals surface area contributed by atoms with Gasteiger partial charge in [-0.3, -0.25) is 4.79 Å². The van der Waals surface area contributed by atoms with Crippen molar-refractivity contribution in [2.75, 3.05) is 6.61 Å². The largest absolute Gasteiger partial charge is 0.394 e. The minimum atomic E-state index is -0.832. The zero-order valence-corrected chi connectivity index (χ0v) is 8.15. The molecule has 0 aromatic rings. The molecule has 1 rings (SSSR count). The average Bonchev–Trinajstić information content (AvgIpc) is 2.20. The summed E-state index contributed by atoms with van der Waals surface area (Å²) in [5.74, 6) is -0.311. The molecule has 14 heavy (non-hydrogen) atoms. The summed E-state index contributed by atoms with van der Waals surface area (Å²) in [4.78, 5) is 11.3. The minimum Gasteiger partial charge on any atom is -0.394 e. The fourth-order valence-corrected chi connectivity index (χ4v) is 1.61. The van der Waals surface area contributed by atoms with Gasteiger partial charge in [0.1, 0.15) is 6.04 Å². The normalized spacial score (nSPS) is 29.6. The van der Waals surface area contributed by atoms with E-state index >= 15 is 0 Å². The maximum absolute atomic E-state index is 11.3. The van der Waals surface area contributed by atoms with Gasteiger partial charge in [0.05, 0.1) is 12.7 Å². The van der Waals surface area contributed by atoms with E-state index in [-0.39, 0.29) is 24.7 Å². The van der Waals surface area contributed by atoms with Gasteiger partial charge >= 0.3 is 0 Å². The number of amides is 1. The van der Waals surface area contributed by atoms with Gasteiger partial charge < -0.3 is 21.3 Å².